The van der Waals surface area contributed by atoms with E-state index in [0.29, 0.717) is 6.04 Å². The largest absolute Gasteiger partial charge is 0.468 e. The molecule has 1 unspecified atom stereocenters. The van der Waals surface area contributed by atoms with Gasteiger partial charge in [-0.15, -0.1) is 0 Å². The third kappa shape index (κ3) is 4.26. The average molecular weight is 304 g/mol. The number of guanidine groups is 1. The zero-order valence-corrected chi connectivity index (χ0v) is 13.6. The van der Waals surface area contributed by atoms with E-state index in [1.54, 1.807) is 6.26 Å². The maximum atomic E-state index is 5.68. The van der Waals surface area contributed by atoms with Crippen LogP contribution in [0.5, 0.6) is 0 Å². The van der Waals surface area contributed by atoms with Crippen LogP contribution in [0.25, 0.3) is 0 Å². The normalized spacial score (nSPS) is 21.6. The molecule has 2 aliphatic rings. The predicted octanol–water partition coefficient (Wildman–Crippen LogP) is 2.52. The van der Waals surface area contributed by atoms with Gasteiger partial charge in [0.2, 0.25) is 0 Å². The molecule has 1 saturated carbocycles. The van der Waals surface area contributed by atoms with Crippen molar-refractivity contribution in [3.05, 3.63) is 24.2 Å². The van der Waals surface area contributed by atoms with Gasteiger partial charge in [-0.25, -0.2) is 0 Å². The van der Waals surface area contributed by atoms with Gasteiger partial charge in [0.1, 0.15) is 5.76 Å². The molecule has 2 N–H and O–H groups in total. The molecule has 22 heavy (non-hydrogen) atoms. The summed E-state index contributed by atoms with van der Waals surface area (Å²) >= 11 is 0. The Morgan fingerprint density at radius 3 is 2.82 bits per heavy atom. The lowest BCUT2D eigenvalue weighted by Gasteiger charge is -2.32. The summed E-state index contributed by atoms with van der Waals surface area (Å²) in [7, 11) is 0. The first-order valence-electron chi connectivity index (χ1n) is 8.69. The van der Waals surface area contributed by atoms with E-state index in [2.05, 4.69) is 28.5 Å². The Morgan fingerprint density at radius 1 is 1.36 bits per heavy atom. The number of piperidine rings is 1. The monoisotopic (exact) mass is 304 g/mol. The number of nitrogens with one attached hydrogen (secondary N) is 2. The van der Waals surface area contributed by atoms with Crippen molar-refractivity contribution in [3.63, 3.8) is 0 Å². The highest BCUT2D eigenvalue weighted by Crippen LogP contribution is 2.25. The van der Waals surface area contributed by atoms with E-state index < -0.39 is 0 Å². The molecule has 3 rings (SSSR count). The van der Waals surface area contributed by atoms with E-state index in [9.17, 15) is 0 Å². The van der Waals surface area contributed by atoms with Crippen LogP contribution in [0.3, 0.4) is 0 Å². The van der Waals surface area contributed by atoms with Gasteiger partial charge in [-0.2, -0.15) is 0 Å². The number of aliphatic imine (C=N–C) groups is 1. The van der Waals surface area contributed by atoms with Gasteiger partial charge in [0.15, 0.2) is 5.96 Å². The molecule has 0 amide bonds. The van der Waals surface area contributed by atoms with Gasteiger partial charge in [0.25, 0.3) is 0 Å². The van der Waals surface area contributed by atoms with E-state index >= 15 is 0 Å². The van der Waals surface area contributed by atoms with Gasteiger partial charge >= 0.3 is 0 Å². The van der Waals surface area contributed by atoms with Gasteiger partial charge in [-0.3, -0.25) is 9.89 Å². The van der Waals surface area contributed by atoms with E-state index in [4.69, 9.17) is 9.41 Å². The van der Waals surface area contributed by atoms with Crippen molar-refractivity contribution in [2.75, 3.05) is 26.2 Å². The Kier molecular flexibility index (Phi) is 5.38. The molecule has 1 aliphatic carbocycles. The Labute approximate surface area is 133 Å². The zero-order chi connectivity index (χ0) is 15.2. The van der Waals surface area contributed by atoms with Crippen LogP contribution in [0.2, 0.25) is 0 Å². The van der Waals surface area contributed by atoms with Crippen LogP contribution in [0.15, 0.2) is 27.8 Å². The molecule has 0 radical (unpaired) electrons. The Morgan fingerprint density at radius 2 is 2.18 bits per heavy atom. The second-order valence-electron chi connectivity index (χ2n) is 6.27. The second kappa shape index (κ2) is 7.68. The first kappa shape index (κ1) is 15.4. The third-order valence-corrected chi connectivity index (χ3v) is 4.39. The van der Waals surface area contributed by atoms with Crippen molar-refractivity contribution in [3.8, 4) is 0 Å². The highest BCUT2D eigenvalue weighted by Gasteiger charge is 2.25. The molecular weight excluding hydrogens is 276 g/mol. The summed E-state index contributed by atoms with van der Waals surface area (Å²) in [4.78, 5) is 7.34. The lowest BCUT2D eigenvalue weighted by atomic mass is 10.1. The van der Waals surface area contributed by atoms with Crippen molar-refractivity contribution in [1.29, 1.82) is 0 Å². The number of nitrogens with zero attached hydrogens (tertiary/aromatic N) is 2. The quantitative estimate of drug-likeness (QED) is 0.626. The topological polar surface area (TPSA) is 52.8 Å². The molecule has 1 saturated heterocycles. The summed E-state index contributed by atoms with van der Waals surface area (Å²) < 4.78 is 5.68. The highest BCUT2D eigenvalue weighted by molar-refractivity contribution is 5.80. The molecule has 0 spiro atoms. The molecule has 0 aromatic carbocycles. The van der Waals surface area contributed by atoms with E-state index in [0.717, 1.165) is 37.9 Å². The maximum absolute atomic E-state index is 5.68. The Hall–Kier alpha value is -1.49. The summed E-state index contributed by atoms with van der Waals surface area (Å²) in [6.07, 6.45) is 8.19. The number of likely N-dealkylation sites (tertiary alicyclic amines) is 1. The number of rotatable bonds is 6. The number of hydrogen-bond donors (Lipinski definition) is 2. The van der Waals surface area contributed by atoms with Gasteiger partial charge < -0.3 is 15.1 Å². The van der Waals surface area contributed by atoms with Crippen molar-refractivity contribution in [1.82, 2.24) is 15.5 Å². The van der Waals surface area contributed by atoms with Crippen LogP contribution in [-0.4, -0.2) is 43.1 Å². The summed E-state index contributed by atoms with van der Waals surface area (Å²) in [6.45, 7) is 6.04. The second-order valence-corrected chi connectivity index (χ2v) is 6.27. The van der Waals surface area contributed by atoms with Crippen molar-refractivity contribution >= 4 is 5.96 Å². The smallest absolute Gasteiger partial charge is 0.191 e. The molecule has 122 valence electrons. The molecule has 5 nitrogen and oxygen atoms in total. The summed E-state index contributed by atoms with van der Waals surface area (Å²) in [5.41, 5.74) is 0. The maximum Gasteiger partial charge on any atom is 0.191 e. The summed E-state index contributed by atoms with van der Waals surface area (Å²) in [5.74, 6) is 1.98. The third-order valence-electron chi connectivity index (χ3n) is 4.39. The van der Waals surface area contributed by atoms with Gasteiger partial charge in [0, 0.05) is 12.6 Å². The predicted molar refractivity (Wildman–Crippen MR) is 89.0 cm³/mol. The summed E-state index contributed by atoms with van der Waals surface area (Å²) in [5, 5.41) is 6.83. The van der Waals surface area contributed by atoms with Crippen molar-refractivity contribution in [2.45, 2.75) is 51.1 Å². The highest BCUT2D eigenvalue weighted by atomic mass is 16.3. The lowest BCUT2D eigenvalue weighted by Crippen LogP contribution is -2.40. The molecule has 1 atom stereocenters. The summed E-state index contributed by atoms with van der Waals surface area (Å²) in [6, 6.07) is 4.93. The molecule has 2 fully saturated rings. The number of furan rings is 1. The molecule has 0 bridgehead atoms. The molecule has 2 heterocycles. The standard InChI is InChI=1S/C17H28N4O/c1-2-18-17(20-14-8-9-14)19-13-15(16-7-6-12-22-16)21-10-4-3-5-11-21/h6-7,12,14-15H,2-5,8-11,13H2,1H3,(H2,18,19,20). The molecule has 1 aliphatic heterocycles. The first-order valence-corrected chi connectivity index (χ1v) is 8.69. The van der Waals surface area contributed by atoms with Crippen LogP contribution in [-0.2, 0) is 0 Å². The van der Waals surface area contributed by atoms with E-state index in [1.807, 2.05) is 6.07 Å². The van der Waals surface area contributed by atoms with Crippen LogP contribution >= 0.6 is 0 Å². The van der Waals surface area contributed by atoms with Crippen LogP contribution < -0.4 is 10.6 Å². The minimum Gasteiger partial charge on any atom is -0.468 e. The molecule has 5 heteroatoms. The zero-order valence-electron chi connectivity index (χ0n) is 13.6. The van der Waals surface area contributed by atoms with Crippen LogP contribution in [0, 0.1) is 0 Å². The van der Waals surface area contributed by atoms with Crippen LogP contribution in [0.1, 0.15) is 50.8 Å². The fourth-order valence-corrected chi connectivity index (χ4v) is 3.02. The van der Waals surface area contributed by atoms with E-state index in [1.165, 1.54) is 32.1 Å². The average Bonchev–Trinajstić information content (AvgIpc) is 3.20. The van der Waals surface area contributed by atoms with Gasteiger partial charge in [0.05, 0.1) is 18.8 Å². The Balaban J connectivity index is 1.67. The van der Waals surface area contributed by atoms with Gasteiger partial charge in [-0.05, 0) is 57.8 Å². The van der Waals surface area contributed by atoms with Gasteiger partial charge in [-0.1, -0.05) is 6.42 Å². The van der Waals surface area contributed by atoms with Crippen LogP contribution in [0.4, 0.5) is 0 Å². The lowest BCUT2D eigenvalue weighted by molar-refractivity contribution is 0.150. The van der Waals surface area contributed by atoms with E-state index in [-0.39, 0.29) is 6.04 Å². The number of hydrogen-bond acceptors (Lipinski definition) is 3. The SMILES string of the molecule is CCNC(=NCC(c1ccco1)N1CCCCC1)NC1CC1. The van der Waals surface area contributed by atoms with Crippen molar-refractivity contribution < 1.29 is 4.42 Å². The minimum absolute atomic E-state index is 0.255. The molecular formula is C17H28N4O. The van der Waals surface area contributed by atoms with Crippen molar-refractivity contribution in [2.24, 2.45) is 4.99 Å². The molecule has 1 aromatic rings. The fraction of sp³-hybridized carbons (Fsp3) is 0.706. The first-order chi connectivity index (χ1) is 10.9. The Bertz CT molecular complexity index is 461. The fourth-order valence-electron chi connectivity index (χ4n) is 3.02. The minimum atomic E-state index is 0.255. The molecule has 1 aromatic heterocycles.